The van der Waals surface area contributed by atoms with E-state index in [9.17, 15) is 24.3 Å². The quantitative estimate of drug-likeness (QED) is 0.372. The van der Waals surface area contributed by atoms with Crippen molar-refractivity contribution >= 4 is 23.9 Å². The van der Waals surface area contributed by atoms with Crippen molar-refractivity contribution in [2.75, 3.05) is 6.61 Å². The van der Waals surface area contributed by atoms with Gasteiger partial charge in [-0.25, -0.2) is 9.59 Å². The van der Waals surface area contributed by atoms with Crippen molar-refractivity contribution in [1.29, 1.82) is 0 Å². The van der Waals surface area contributed by atoms with E-state index in [0.29, 0.717) is 11.1 Å². The predicted molar refractivity (Wildman–Crippen MR) is 152 cm³/mol. The normalized spacial score (nSPS) is 33.9. The van der Waals surface area contributed by atoms with Gasteiger partial charge in [-0.15, -0.1) is 0 Å². The summed E-state index contributed by atoms with van der Waals surface area (Å²) >= 11 is 0. The fourth-order valence-corrected chi connectivity index (χ4v) is 7.62. The fourth-order valence-electron chi connectivity index (χ4n) is 7.62. The van der Waals surface area contributed by atoms with Crippen molar-refractivity contribution in [1.82, 2.24) is 0 Å². The fraction of sp³-hybridized carbons (Fsp3) is 0.515. The Morgan fingerprint density at radius 3 is 1.93 bits per heavy atom. The lowest BCUT2D eigenvalue weighted by Crippen LogP contribution is -2.78. The molecule has 8 atom stereocenters. The van der Waals surface area contributed by atoms with E-state index in [-0.39, 0.29) is 12.8 Å². The highest BCUT2D eigenvalue weighted by molar-refractivity contribution is 5.90. The molecular formula is C33H38O10. The van der Waals surface area contributed by atoms with Crippen LogP contribution in [0.3, 0.4) is 0 Å². The molecule has 43 heavy (non-hydrogen) atoms. The number of fused-ring (bicyclic) bond motifs is 1. The van der Waals surface area contributed by atoms with Gasteiger partial charge in [-0.05, 0) is 56.9 Å². The van der Waals surface area contributed by atoms with Crippen molar-refractivity contribution in [2.45, 2.75) is 83.1 Å². The van der Waals surface area contributed by atoms with Gasteiger partial charge in [0.15, 0.2) is 0 Å². The van der Waals surface area contributed by atoms with E-state index in [1.54, 1.807) is 60.7 Å². The van der Waals surface area contributed by atoms with Crippen LogP contribution in [0.1, 0.15) is 68.2 Å². The molecule has 1 aliphatic heterocycles. The number of esters is 4. The standard InChI is InChI=1S/C33H38O10/c1-19-16-25(41-29(37)22-12-8-6-9-13-22)27(36)32(18-39-20(2)34)26(42-30(38)23-14-10-7-11-15-23)17-24-28(40-21(3)35)33(19,32)43-31(24,4)5/h6-15,19,24-28,36H,16-18H2,1-5H3/t19-,24+,25-,26+,27+,28-,32+,33+/m0/s1. The molecule has 2 bridgehead atoms. The van der Waals surface area contributed by atoms with Gasteiger partial charge in [-0.2, -0.15) is 0 Å². The van der Waals surface area contributed by atoms with Crippen molar-refractivity contribution < 1.29 is 48.0 Å². The van der Waals surface area contributed by atoms with Crippen LogP contribution in [0.25, 0.3) is 0 Å². The first-order valence-electron chi connectivity index (χ1n) is 14.5. The van der Waals surface area contributed by atoms with Crippen molar-refractivity contribution in [2.24, 2.45) is 17.3 Å². The Hall–Kier alpha value is -3.76. The van der Waals surface area contributed by atoms with E-state index in [0.717, 1.165) is 0 Å². The predicted octanol–water partition coefficient (Wildman–Crippen LogP) is 3.89. The van der Waals surface area contributed by atoms with Crippen LogP contribution in [0.5, 0.6) is 0 Å². The van der Waals surface area contributed by atoms with Crippen LogP contribution in [-0.4, -0.2) is 71.2 Å². The van der Waals surface area contributed by atoms with E-state index in [1.165, 1.54) is 13.8 Å². The van der Waals surface area contributed by atoms with Gasteiger partial charge in [0.25, 0.3) is 0 Å². The molecular weight excluding hydrogens is 556 g/mol. The largest absolute Gasteiger partial charge is 0.465 e. The molecule has 10 nitrogen and oxygen atoms in total. The Balaban J connectivity index is 1.66. The highest BCUT2D eigenvalue weighted by Gasteiger charge is 2.81. The first kappa shape index (κ1) is 30.7. The molecule has 2 aromatic carbocycles. The molecule has 230 valence electrons. The number of rotatable bonds is 7. The summed E-state index contributed by atoms with van der Waals surface area (Å²) in [5.41, 5.74) is -3.47. The van der Waals surface area contributed by atoms with Gasteiger partial charge < -0.3 is 28.8 Å². The zero-order valence-electron chi connectivity index (χ0n) is 25.0. The number of hydrogen-bond donors (Lipinski definition) is 1. The van der Waals surface area contributed by atoms with E-state index in [4.69, 9.17) is 23.7 Å². The topological polar surface area (TPSA) is 135 Å². The van der Waals surface area contributed by atoms with Crippen molar-refractivity contribution in [3.05, 3.63) is 71.8 Å². The van der Waals surface area contributed by atoms with Crippen LogP contribution in [-0.2, 0) is 33.3 Å². The second kappa shape index (κ2) is 11.4. The van der Waals surface area contributed by atoms with Crippen LogP contribution >= 0.6 is 0 Å². The van der Waals surface area contributed by atoms with Crippen LogP contribution in [0, 0.1) is 17.3 Å². The summed E-state index contributed by atoms with van der Waals surface area (Å²) in [6.45, 7) is 7.67. The second-order valence-corrected chi connectivity index (χ2v) is 12.3. The average molecular weight is 595 g/mol. The molecule has 0 amide bonds. The molecule has 0 aromatic heterocycles. The van der Waals surface area contributed by atoms with Crippen molar-refractivity contribution in [3.63, 3.8) is 0 Å². The Labute approximate surface area is 250 Å². The molecule has 5 rings (SSSR count). The number of aliphatic hydroxyl groups is 1. The maximum absolute atomic E-state index is 13.5. The molecule has 1 saturated heterocycles. The average Bonchev–Trinajstić information content (AvgIpc) is 3.13. The molecule has 0 radical (unpaired) electrons. The summed E-state index contributed by atoms with van der Waals surface area (Å²) in [5, 5.41) is 12.4. The summed E-state index contributed by atoms with van der Waals surface area (Å²) in [6.07, 6.45) is -4.33. The number of hydrogen-bond acceptors (Lipinski definition) is 10. The third kappa shape index (κ3) is 5.10. The Morgan fingerprint density at radius 1 is 0.837 bits per heavy atom. The molecule has 1 spiro atoms. The number of aliphatic hydroxyl groups excluding tert-OH is 1. The van der Waals surface area contributed by atoms with E-state index < -0.39 is 83.4 Å². The minimum Gasteiger partial charge on any atom is -0.465 e. The molecule has 3 aliphatic rings. The minimum absolute atomic E-state index is 0.121. The van der Waals surface area contributed by atoms with Crippen molar-refractivity contribution in [3.8, 4) is 0 Å². The summed E-state index contributed by atoms with van der Waals surface area (Å²) in [5.74, 6) is -3.43. The molecule has 0 unspecified atom stereocenters. The van der Waals surface area contributed by atoms with Gasteiger partial charge in [0.2, 0.25) is 0 Å². The van der Waals surface area contributed by atoms with E-state index >= 15 is 0 Å². The van der Waals surface area contributed by atoms with Gasteiger partial charge >= 0.3 is 23.9 Å². The van der Waals surface area contributed by atoms with Crippen LogP contribution < -0.4 is 0 Å². The van der Waals surface area contributed by atoms with Gasteiger partial charge in [-0.3, -0.25) is 9.59 Å². The monoisotopic (exact) mass is 594 g/mol. The lowest BCUT2D eigenvalue weighted by Gasteiger charge is -2.63. The van der Waals surface area contributed by atoms with E-state index in [1.807, 2.05) is 20.8 Å². The number of carbonyl (C=O) groups is 4. The first-order chi connectivity index (χ1) is 20.3. The summed E-state index contributed by atoms with van der Waals surface area (Å²) in [7, 11) is 0. The summed E-state index contributed by atoms with van der Waals surface area (Å²) in [6, 6.07) is 16.8. The molecule has 2 aliphatic carbocycles. The zero-order chi connectivity index (χ0) is 31.2. The molecule has 10 heteroatoms. The number of carbonyl (C=O) groups excluding carboxylic acids is 4. The minimum atomic E-state index is -1.69. The number of ether oxygens (including phenoxy) is 5. The third-order valence-electron chi connectivity index (χ3n) is 9.41. The zero-order valence-corrected chi connectivity index (χ0v) is 25.0. The summed E-state index contributed by atoms with van der Waals surface area (Å²) in [4.78, 5) is 51.5. The first-order valence-corrected chi connectivity index (χ1v) is 14.5. The second-order valence-electron chi connectivity index (χ2n) is 12.3. The smallest absolute Gasteiger partial charge is 0.338 e. The molecule has 1 heterocycles. The highest BCUT2D eigenvalue weighted by atomic mass is 16.6. The maximum atomic E-state index is 13.5. The van der Waals surface area contributed by atoms with Crippen LogP contribution in [0.4, 0.5) is 0 Å². The van der Waals surface area contributed by atoms with Gasteiger partial charge in [0, 0.05) is 19.8 Å². The third-order valence-corrected chi connectivity index (χ3v) is 9.41. The van der Waals surface area contributed by atoms with E-state index in [2.05, 4.69) is 0 Å². The Kier molecular flexibility index (Phi) is 8.13. The van der Waals surface area contributed by atoms with Crippen LogP contribution in [0.15, 0.2) is 60.7 Å². The van der Waals surface area contributed by atoms with Gasteiger partial charge in [0.05, 0.1) is 16.7 Å². The number of benzene rings is 2. The molecule has 3 fully saturated rings. The molecule has 1 N–H and O–H groups in total. The van der Waals surface area contributed by atoms with Gasteiger partial charge in [-0.1, -0.05) is 43.3 Å². The maximum Gasteiger partial charge on any atom is 0.338 e. The molecule has 2 saturated carbocycles. The summed E-state index contributed by atoms with van der Waals surface area (Å²) < 4.78 is 30.6. The Bertz CT molecular complexity index is 1370. The SMILES string of the molecule is CC(=O)OC[C@@]12[C@H](O)[C@@H](OC(=O)c3ccccc3)C[C@H](C)[C@]13OC(C)(C)[C@H](C[C@H]2OC(=O)c1ccccc1)[C@@H]3OC(C)=O. The van der Waals surface area contributed by atoms with Crippen LogP contribution in [0.2, 0.25) is 0 Å². The highest BCUT2D eigenvalue weighted by Crippen LogP contribution is 2.67. The lowest BCUT2D eigenvalue weighted by molar-refractivity contribution is -0.316. The lowest BCUT2D eigenvalue weighted by atomic mass is 9.48. The molecule has 2 aromatic rings. The van der Waals surface area contributed by atoms with Gasteiger partial charge in [0.1, 0.15) is 42.0 Å². The Morgan fingerprint density at radius 2 is 1.40 bits per heavy atom.